The summed E-state index contributed by atoms with van der Waals surface area (Å²) in [7, 11) is 0. The number of fused-ring (bicyclic) bond motifs is 1. The molecule has 0 aromatic heterocycles. The van der Waals surface area contributed by atoms with Crippen LogP contribution in [0.4, 0.5) is 11.4 Å². The first-order valence-electron chi connectivity index (χ1n) is 9.83. The molecule has 6 heteroatoms. The molecule has 0 atom stereocenters. The molecule has 1 heterocycles. The fourth-order valence-electron chi connectivity index (χ4n) is 3.64. The Balaban J connectivity index is 1.47. The smallest absolute Gasteiger partial charge is 0.256 e. The summed E-state index contributed by atoms with van der Waals surface area (Å²) in [6.07, 6.45) is 0.955. The zero-order valence-corrected chi connectivity index (χ0v) is 17.3. The molecule has 0 spiro atoms. The summed E-state index contributed by atoms with van der Waals surface area (Å²) < 4.78 is 0. The second kappa shape index (κ2) is 9.05. The van der Waals surface area contributed by atoms with Gasteiger partial charge in [-0.2, -0.15) is 0 Å². The SMILES string of the molecule is NC(=O)CSc1ccccc1C(=O)Nc1ccc2c(c1)CCN2Cc1ccccc1. The van der Waals surface area contributed by atoms with E-state index in [0.717, 1.165) is 30.1 Å². The molecule has 0 radical (unpaired) electrons. The van der Waals surface area contributed by atoms with E-state index in [1.807, 2.05) is 30.3 Å². The maximum absolute atomic E-state index is 12.8. The average Bonchev–Trinajstić information content (AvgIpc) is 3.15. The first-order chi connectivity index (χ1) is 14.6. The molecule has 0 aliphatic carbocycles. The van der Waals surface area contributed by atoms with E-state index >= 15 is 0 Å². The summed E-state index contributed by atoms with van der Waals surface area (Å²) >= 11 is 1.27. The quantitative estimate of drug-likeness (QED) is 0.568. The Bertz CT molecular complexity index is 1070. The van der Waals surface area contributed by atoms with Crippen molar-refractivity contribution in [2.45, 2.75) is 17.9 Å². The molecule has 30 heavy (non-hydrogen) atoms. The maximum atomic E-state index is 12.8. The average molecular weight is 418 g/mol. The van der Waals surface area contributed by atoms with Gasteiger partial charge in [0.2, 0.25) is 5.91 Å². The molecule has 2 amide bonds. The minimum absolute atomic E-state index is 0.139. The number of carbonyl (C=O) groups is 2. The Kier molecular flexibility index (Phi) is 6.05. The van der Waals surface area contributed by atoms with Crippen LogP contribution in [0.15, 0.2) is 77.7 Å². The number of nitrogens with one attached hydrogen (secondary N) is 1. The van der Waals surface area contributed by atoms with E-state index < -0.39 is 5.91 Å². The molecule has 0 fully saturated rings. The molecule has 5 nitrogen and oxygen atoms in total. The highest BCUT2D eigenvalue weighted by Gasteiger charge is 2.20. The van der Waals surface area contributed by atoms with E-state index in [1.165, 1.54) is 28.6 Å². The summed E-state index contributed by atoms with van der Waals surface area (Å²) in [6.45, 7) is 1.85. The number of anilines is 2. The van der Waals surface area contributed by atoms with Crippen LogP contribution >= 0.6 is 11.8 Å². The maximum Gasteiger partial charge on any atom is 0.256 e. The number of amides is 2. The molecule has 4 rings (SSSR count). The molecule has 0 saturated heterocycles. The van der Waals surface area contributed by atoms with Gasteiger partial charge in [-0.05, 0) is 47.9 Å². The number of nitrogens with two attached hydrogens (primary N) is 1. The normalized spacial score (nSPS) is 12.5. The minimum Gasteiger partial charge on any atom is -0.369 e. The van der Waals surface area contributed by atoms with Gasteiger partial charge in [-0.15, -0.1) is 11.8 Å². The van der Waals surface area contributed by atoms with Gasteiger partial charge in [0.25, 0.3) is 5.91 Å². The third-order valence-electron chi connectivity index (χ3n) is 5.05. The van der Waals surface area contributed by atoms with Crippen LogP contribution < -0.4 is 16.0 Å². The molecule has 1 aliphatic heterocycles. The molecular weight excluding hydrogens is 394 g/mol. The van der Waals surface area contributed by atoms with Gasteiger partial charge in [-0.1, -0.05) is 42.5 Å². The van der Waals surface area contributed by atoms with Gasteiger partial charge in [0.05, 0.1) is 11.3 Å². The number of carbonyl (C=O) groups excluding carboxylic acids is 2. The molecule has 0 saturated carbocycles. The zero-order chi connectivity index (χ0) is 20.9. The Morgan fingerprint density at radius 1 is 1.00 bits per heavy atom. The lowest BCUT2D eigenvalue weighted by atomic mass is 10.1. The molecule has 3 aromatic carbocycles. The number of benzene rings is 3. The van der Waals surface area contributed by atoms with Gasteiger partial charge < -0.3 is 16.0 Å². The fraction of sp³-hybridized carbons (Fsp3) is 0.167. The van der Waals surface area contributed by atoms with E-state index in [2.05, 4.69) is 46.6 Å². The molecule has 152 valence electrons. The van der Waals surface area contributed by atoms with Crippen LogP contribution in [0.1, 0.15) is 21.5 Å². The number of nitrogens with zero attached hydrogens (tertiary/aromatic N) is 1. The van der Waals surface area contributed by atoms with E-state index in [0.29, 0.717) is 5.56 Å². The van der Waals surface area contributed by atoms with Crippen LogP contribution in [0.2, 0.25) is 0 Å². The van der Waals surface area contributed by atoms with Gasteiger partial charge in [0.1, 0.15) is 0 Å². The summed E-state index contributed by atoms with van der Waals surface area (Å²) in [6, 6.07) is 23.7. The van der Waals surface area contributed by atoms with E-state index in [1.54, 1.807) is 6.07 Å². The van der Waals surface area contributed by atoms with Gasteiger partial charge in [0.15, 0.2) is 0 Å². The van der Waals surface area contributed by atoms with Crippen LogP contribution in [-0.4, -0.2) is 24.1 Å². The lowest BCUT2D eigenvalue weighted by Crippen LogP contribution is -2.19. The number of hydrogen-bond donors (Lipinski definition) is 2. The van der Waals surface area contributed by atoms with Gasteiger partial charge >= 0.3 is 0 Å². The fourth-order valence-corrected chi connectivity index (χ4v) is 4.43. The summed E-state index contributed by atoms with van der Waals surface area (Å²) in [5.41, 5.74) is 10.3. The first-order valence-corrected chi connectivity index (χ1v) is 10.8. The summed E-state index contributed by atoms with van der Waals surface area (Å²) in [5.74, 6) is -0.462. The number of rotatable bonds is 7. The zero-order valence-electron chi connectivity index (χ0n) is 16.5. The highest BCUT2D eigenvalue weighted by molar-refractivity contribution is 8.00. The number of primary amides is 1. The second-order valence-corrected chi connectivity index (χ2v) is 8.22. The molecule has 0 bridgehead atoms. The third kappa shape index (κ3) is 4.66. The molecule has 3 N–H and O–H groups in total. The largest absolute Gasteiger partial charge is 0.369 e. The van der Waals surface area contributed by atoms with Gasteiger partial charge in [-0.3, -0.25) is 9.59 Å². The van der Waals surface area contributed by atoms with Crippen LogP contribution in [0, 0.1) is 0 Å². The van der Waals surface area contributed by atoms with Crippen molar-refractivity contribution in [1.29, 1.82) is 0 Å². The van der Waals surface area contributed by atoms with Crippen molar-refractivity contribution in [3.63, 3.8) is 0 Å². The number of thioether (sulfide) groups is 1. The third-order valence-corrected chi connectivity index (χ3v) is 6.14. The van der Waals surface area contributed by atoms with Crippen molar-refractivity contribution in [3.8, 4) is 0 Å². The highest BCUT2D eigenvalue weighted by atomic mass is 32.2. The molecule has 0 unspecified atom stereocenters. The Hall–Kier alpha value is -3.25. The highest BCUT2D eigenvalue weighted by Crippen LogP contribution is 2.32. The van der Waals surface area contributed by atoms with Gasteiger partial charge in [-0.25, -0.2) is 0 Å². The standard InChI is InChI=1S/C24H23N3O2S/c25-23(28)16-30-22-9-5-4-8-20(22)24(29)26-19-10-11-21-18(14-19)12-13-27(21)15-17-6-2-1-3-7-17/h1-11,14H,12-13,15-16H2,(H2,25,28)(H,26,29). The van der Waals surface area contributed by atoms with Crippen LogP contribution in [-0.2, 0) is 17.8 Å². The predicted octanol–water partition coefficient (Wildman–Crippen LogP) is 4.08. The van der Waals surface area contributed by atoms with E-state index in [-0.39, 0.29) is 11.7 Å². The molecular formula is C24H23N3O2S. The van der Waals surface area contributed by atoms with Crippen molar-refractivity contribution in [3.05, 3.63) is 89.5 Å². The van der Waals surface area contributed by atoms with E-state index in [4.69, 9.17) is 5.73 Å². The van der Waals surface area contributed by atoms with Crippen LogP contribution in [0.5, 0.6) is 0 Å². The topological polar surface area (TPSA) is 75.4 Å². The van der Waals surface area contributed by atoms with Gasteiger partial charge in [0, 0.05) is 29.4 Å². The predicted molar refractivity (Wildman–Crippen MR) is 122 cm³/mol. The lowest BCUT2D eigenvalue weighted by Gasteiger charge is -2.20. The Morgan fingerprint density at radius 2 is 1.77 bits per heavy atom. The van der Waals surface area contributed by atoms with Crippen molar-refractivity contribution in [1.82, 2.24) is 0 Å². The van der Waals surface area contributed by atoms with Crippen LogP contribution in [0.3, 0.4) is 0 Å². The molecule has 3 aromatic rings. The summed E-state index contributed by atoms with van der Waals surface area (Å²) in [5, 5.41) is 2.99. The Labute approximate surface area is 180 Å². The first kappa shape index (κ1) is 20.0. The Morgan fingerprint density at radius 3 is 2.57 bits per heavy atom. The lowest BCUT2D eigenvalue weighted by molar-refractivity contribution is -0.115. The molecule has 1 aliphatic rings. The summed E-state index contributed by atoms with van der Waals surface area (Å²) in [4.78, 5) is 27.0. The van der Waals surface area contributed by atoms with E-state index in [9.17, 15) is 9.59 Å². The van der Waals surface area contributed by atoms with Crippen molar-refractivity contribution in [2.24, 2.45) is 5.73 Å². The minimum atomic E-state index is -0.408. The van der Waals surface area contributed by atoms with Crippen molar-refractivity contribution in [2.75, 3.05) is 22.5 Å². The monoisotopic (exact) mass is 417 g/mol. The van der Waals surface area contributed by atoms with Crippen molar-refractivity contribution < 1.29 is 9.59 Å². The van der Waals surface area contributed by atoms with Crippen LogP contribution in [0.25, 0.3) is 0 Å². The van der Waals surface area contributed by atoms with Crippen molar-refractivity contribution >= 4 is 35.0 Å². The number of hydrogen-bond acceptors (Lipinski definition) is 4. The second-order valence-electron chi connectivity index (χ2n) is 7.21.